The zero-order chi connectivity index (χ0) is 37.5. The molecule has 0 N–H and O–H groups in total. The second kappa shape index (κ2) is 15.5. The number of carbonyl (C=O) groups excluding carboxylic acids is 2. The van der Waals surface area contributed by atoms with Gasteiger partial charge >= 0.3 is 6.09 Å². The van der Waals surface area contributed by atoms with Crippen molar-refractivity contribution in [3.05, 3.63) is 80.3 Å². The molecule has 1 fully saturated rings. The number of amides is 2. The van der Waals surface area contributed by atoms with Gasteiger partial charge in [0.05, 0.1) is 24.7 Å². The number of aliphatic imine (C=N–C) groups is 1. The summed E-state index contributed by atoms with van der Waals surface area (Å²) in [6, 6.07) is 18.2. The molecule has 3 aliphatic heterocycles. The average Bonchev–Trinajstić information content (AvgIpc) is 3.74. The summed E-state index contributed by atoms with van der Waals surface area (Å²) in [6.45, 7) is 21.9. The minimum absolute atomic E-state index is 0.0134. The molecule has 0 aliphatic carbocycles. The first kappa shape index (κ1) is 39.7. The summed E-state index contributed by atoms with van der Waals surface area (Å²) in [4.78, 5) is 40.5. The van der Waals surface area contributed by atoms with E-state index in [1.807, 2.05) is 69.0 Å². The van der Waals surface area contributed by atoms with Crippen LogP contribution in [-0.4, -0.2) is 77.6 Å². The van der Waals surface area contributed by atoms with Gasteiger partial charge in [-0.3, -0.25) is 4.79 Å². The Labute approximate surface area is 320 Å². The number of allylic oxidation sites excluding steroid dienone is 1. The molecule has 5 rings (SSSR count). The van der Waals surface area contributed by atoms with Gasteiger partial charge in [0, 0.05) is 28.8 Å². The Kier molecular flexibility index (Phi) is 12.0. The number of nitrogens with zero attached hydrogens (tertiary/aromatic N) is 4. The maximum absolute atomic E-state index is 15.0. The van der Waals surface area contributed by atoms with E-state index in [2.05, 4.69) is 58.6 Å². The number of thioether (sulfide) groups is 1. The molecule has 0 saturated carbocycles. The quantitative estimate of drug-likeness (QED) is 0.212. The standard InChI is InChI=1S/C39H54Cl2N4O4SSi/c1-11-44(30-23-43(37(47)48-38(7,8)9)24-31(30)49-51(12-2,13-3)14-4)35(46)33-32(25(5)6)45-34(26-15-19-28(40)20-16-26)39(10,42-36(45)50-33)27-17-21-29(41)22-18-27/h15-22,25,30-31,34H,11-14,23-24H2,1-10H3/t30-,31-,34-,39+/m1/s1. The maximum Gasteiger partial charge on any atom is 0.410 e. The first-order valence-corrected chi connectivity index (χ1v) is 22.4. The first-order valence-electron chi connectivity index (χ1n) is 18.3. The lowest BCUT2D eigenvalue weighted by molar-refractivity contribution is -0.129. The Morgan fingerprint density at radius 3 is 2.06 bits per heavy atom. The van der Waals surface area contributed by atoms with Crippen LogP contribution in [0.2, 0.25) is 28.2 Å². The molecule has 51 heavy (non-hydrogen) atoms. The van der Waals surface area contributed by atoms with Crippen molar-refractivity contribution in [3.63, 3.8) is 0 Å². The fourth-order valence-electron chi connectivity index (χ4n) is 7.69. The molecule has 3 heterocycles. The van der Waals surface area contributed by atoms with Crippen LogP contribution in [0.3, 0.4) is 0 Å². The van der Waals surface area contributed by atoms with E-state index in [0.29, 0.717) is 34.6 Å². The molecule has 2 aromatic carbocycles. The topological polar surface area (TPSA) is 74.7 Å². The fourth-order valence-corrected chi connectivity index (χ4v) is 12.2. The van der Waals surface area contributed by atoms with Gasteiger partial charge in [0.1, 0.15) is 16.0 Å². The molecule has 12 heteroatoms. The number of fused-ring (bicyclic) bond motifs is 1. The SMILES string of the molecule is CCN(C(=O)C1=C(C(C)C)N2C(=N[C@@](C)(c3ccc(Cl)cc3)[C@H]2c2ccc(Cl)cc2)S1)[C@@H]1CN(C(=O)OC(C)(C)C)C[C@H]1O[Si](CC)(CC)CC. The molecule has 278 valence electrons. The van der Waals surface area contributed by atoms with Crippen LogP contribution in [0.25, 0.3) is 0 Å². The summed E-state index contributed by atoms with van der Waals surface area (Å²) in [5, 5.41) is 2.11. The number of benzene rings is 2. The lowest BCUT2D eigenvalue weighted by Crippen LogP contribution is -2.52. The molecule has 0 spiro atoms. The molecule has 4 atom stereocenters. The number of carbonyl (C=O) groups is 2. The van der Waals surface area contributed by atoms with E-state index in [1.165, 1.54) is 11.8 Å². The Bertz CT molecular complexity index is 1650. The van der Waals surface area contributed by atoms with Gasteiger partial charge in [-0.2, -0.15) is 0 Å². The van der Waals surface area contributed by atoms with E-state index >= 15 is 4.79 Å². The fraction of sp³-hybridized carbons (Fsp3) is 0.564. The van der Waals surface area contributed by atoms with Crippen molar-refractivity contribution in [1.29, 1.82) is 0 Å². The highest BCUT2D eigenvalue weighted by molar-refractivity contribution is 8.18. The number of hydrogen-bond acceptors (Lipinski definition) is 7. The van der Waals surface area contributed by atoms with Crippen molar-refractivity contribution in [2.75, 3.05) is 19.6 Å². The second-order valence-electron chi connectivity index (χ2n) is 15.3. The van der Waals surface area contributed by atoms with Crippen LogP contribution in [-0.2, 0) is 19.5 Å². The summed E-state index contributed by atoms with van der Waals surface area (Å²) in [5.41, 5.74) is 1.73. The molecular weight excluding hydrogens is 720 g/mol. The van der Waals surface area contributed by atoms with E-state index < -0.39 is 19.5 Å². The smallest absolute Gasteiger partial charge is 0.410 e. The zero-order valence-corrected chi connectivity index (χ0v) is 35.1. The summed E-state index contributed by atoms with van der Waals surface area (Å²) < 4.78 is 12.9. The highest BCUT2D eigenvalue weighted by Gasteiger charge is 2.54. The number of rotatable bonds is 11. The Hall–Kier alpha value is -2.50. The van der Waals surface area contributed by atoms with Crippen molar-refractivity contribution >= 4 is 60.4 Å². The van der Waals surface area contributed by atoms with Gasteiger partial charge in [-0.1, -0.05) is 82.1 Å². The predicted octanol–water partition coefficient (Wildman–Crippen LogP) is 10.1. The van der Waals surface area contributed by atoms with Gasteiger partial charge in [0.15, 0.2) is 13.5 Å². The number of likely N-dealkylation sites (N-methyl/N-ethyl adjacent to an activating group) is 1. The minimum atomic E-state index is -2.09. The number of ether oxygens (including phenoxy) is 1. The molecule has 1 saturated heterocycles. The van der Waals surface area contributed by atoms with Gasteiger partial charge in [-0.05, 0) is 106 Å². The minimum Gasteiger partial charge on any atom is -0.444 e. The van der Waals surface area contributed by atoms with Crippen LogP contribution >= 0.6 is 35.0 Å². The number of amidine groups is 1. The normalized spacial score (nSPS) is 23.6. The van der Waals surface area contributed by atoms with Crippen molar-refractivity contribution in [1.82, 2.24) is 14.7 Å². The third-order valence-electron chi connectivity index (χ3n) is 10.6. The van der Waals surface area contributed by atoms with Crippen LogP contribution in [0.4, 0.5) is 4.79 Å². The maximum atomic E-state index is 15.0. The number of hydrogen-bond donors (Lipinski definition) is 0. The molecule has 0 unspecified atom stereocenters. The van der Waals surface area contributed by atoms with Crippen molar-refractivity contribution < 1.29 is 18.8 Å². The highest BCUT2D eigenvalue weighted by atomic mass is 35.5. The molecule has 3 aliphatic rings. The Morgan fingerprint density at radius 2 is 1.55 bits per heavy atom. The van der Waals surface area contributed by atoms with E-state index in [0.717, 1.165) is 40.1 Å². The largest absolute Gasteiger partial charge is 0.444 e. The molecule has 8 nitrogen and oxygen atoms in total. The van der Waals surface area contributed by atoms with Gasteiger partial charge < -0.3 is 23.9 Å². The summed E-state index contributed by atoms with van der Waals surface area (Å²) in [5.74, 6) is -0.0489. The Balaban J connectivity index is 1.56. The van der Waals surface area contributed by atoms with E-state index in [9.17, 15) is 4.79 Å². The van der Waals surface area contributed by atoms with E-state index in [-0.39, 0.29) is 36.1 Å². The Morgan fingerprint density at radius 1 is 0.980 bits per heavy atom. The molecule has 2 amide bonds. The molecule has 2 aromatic rings. The van der Waals surface area contributed by atoms with Gasteiger partial charge in [0.25, 0.3) is 5.91 Å². The lowest BCUT2D eigenvalue weighted by Gasteiger charge is -2.38. The van der Waals surface area contributed by atoms with Crippen molar-refractivity contribution in [2.45, 2.75) is 117 Å². The first-order chi connectivity index (χ1) is 24.0. The van der Waals surface area contributed by atoms with Crippen LogP contribution < -0.4 is 0 Å². The van der Waals surface area contributed by atoms with Crippen molar-refractivity contribution in [3.8, 4) is 0 Å². The van der Waals surface area contributed by atoms with E-state index in [1.54, 1.807) is 4.90 Å². The average molecular weight is 774 g/mol. The summed E-state index contributed by atoms with van der Waals surface area (Å²) >= 11 is 14.1. The lowest BCUT2D eigenvalue weighted by atomic mass is 9.81. The second-order valence-corrected chi connectivity index (χ2v) is 21.9. The number of halogens is 2. The monoisotopic (exact) mass is 772 g/mol. The van der Waals surface area contributed by atoms with Gasteiger partial charge in [0.2, 0.25) is 0 Å². The van der Waals surface area contributed by atoms with Crippen LogP contribution in [0.1, 0.15) is 86.4 Å². The van der Waals surface area contributed by atoms with Gasteiger partial charge in [-0.25, -0.2) is 9.79 Å². The molecule has 0 aromatic heterocycles. The molecule has 0 bridgehead atoms. The van der Waals surface area contributed by atoms with Crippen LogP contribution in [0, 0.1) is 5.92 Å². The predicted molar refractivity (Wildman–Crippen MR) is 213 cm³/mol. The van der Waals surface area contributed by atoms with E-state index in [4.69, 9.17) is 37.4 Å². The van der Waals surface area contributed by atoms with Crippen LogP contribution in [0.5, 0.6) is 0 Å². The third kappa shape index (κ3) is 7.91. The molecular formula is C39H54Cl2N4O4SSi. The zero-order valence-electron chi connectivity index (χ0n) is 31.8. The van der Waals surface area contributed by atoms with Gasteiger partial charge in [-0.15, -0.1) is 0 Å². The van der Waals surface area contributed by atoms with Crippen molar-refractivity contribution in [2.24, 2.45) is 10.9 Å². The highest BCUT2D eigenvalue weighted by Crippen LogP contribution is 2.56. The van der Waals surface area contributed by atoms with Crippen LogP contribution in [0.15, 0.2) is 64.1 Å². The third-order valence-corrected chi connectivity index (χ3v) is 16.8. The molecule has 0 radical (unpaired) electrons. The summed E-state index contributed by atoms with van der Waals surface area (Å²) in [6.07, 6.45) is -0.687. The summed E-state index contributed by atoms with van der Waals surface area (Å²) in [7, 11) is -2.09. The number of likely N-dealkylation sites (tertiary alicyclic amines) is 1.